The van der Waals surface area contributed by atoms with E-state index < -0.39 is 31.8 Å². The lowest BCUT2D eigenvalue weighted by Gasteiger charge is -2.38. The van der Waals surface area contributed by atoms with Gasteiger partial charge in [0.1, 0.15) is 11.4 Å². The second-order valence-corrected chi connectivity index (χ2v) is 17.2. The van der Waals surface area contributed by atoms with E-state index in [0.29, 0.717) is 6.61 Å². The predicted molar refractivity (Wildman–Crippen MR) is 133 cm³/mol. The Kier molecular flexibility index (Phi) is 7.03. The Morgan fingerprint density at radius 1 is 1.18 bits per heavy atom. The summed E-state index contributed by atoms with van der Waals surface area (Å²) in [5.41, 5.74) is 1.20. The van der Waals surface area contributed by atoms with E-state index in [9.17, 15) is 9.59 Å². The lowest BCUT2D eigenvalue weighted by Crippen LogP contribution is -2.49. The molecule has 34 heavy (non-hydrogen) atoms. The second-order valence-electron chi connectivity index (χ2n) is 12.4. The zero-order chi connectivity index (χ0) is 25.7. The third-order valence-electron chi connectivity index (χ3n) is 6.91. The first-order valence-corrected chi connectivity index (χ1v) is 15.0. The molecule has 0 spiro atoms. The maximum absolute atomic E-state index is 13.1. The van der Waals surface area contributed by atoms with Crippen molar-refractivity contribution in [2.75, 3.05) is 6.61 Å². The molecule has 2 atom stereocenters. The van der Waals surface area contributed by atoms with E-state index in [-0.39, 0.29) is 29.9 Å². The average molecular weight is 492 g/mol. The van der Waals surface area contributed by atoms with Gasteiger partial charge in [-0.2, -0.15) is 0 Å². The summed E-state index contributed by atoms with van der Waals surface area (Å²) in [6.07, 6.45) is -0.397. The molecule has 2 aliphatic heterocycles. The fourth-order valence-corrected chi connectivity index (χ4v) is 4.99. The van der Waals surface area contributed by atoms with E-state index in [4.69, 9.17) is 18.6 Å². The molecule has 2 aliphatic rings. The summed E-state index contributed by atoms with van der Waals surface area (Å²) in [6, 6.07) is 5.49. The molecule has 0 aromatic heterocycles. The SMILES string of the molecule is CC(C)(C)OC(=O)N1C(=O)C[C@H](c2ccc3c(c2)COC(C)(C)O3)[C@H]1CO[Si](C)(C)C(C)(C)C. The van der Waals surface area contributed by atoms with Gasteiger partial charge in [-0.15, -0.1) is 0 Å². The molecular weight excluding hydrogens is 450 g/mol. The van der Waals surface area contributed by atoms with Crippen LogP contribution in [0.5, 0.6) is 5.75 Å². The zero-order valence-electron chi connectivity index (χ0n) is 22.4. The van der Waals surface area contributed by atoms with E-state index in [1.165, 1.54) is 4.90 Å². The Bertz CT molecular complexity index is 944. The van der Waals surface area contributed by atoms with Crippen molar-refractivity contribution in [3.05, 3.63) is 29.3 Å². The van der Waals surface area contributed by atoms with Crippen molar-refractivity contribution in [1.29, 1.82) is 0 Å². The molecule has 0 radical (unpaired) electrons. The highest BCUT2D eigenvalue weighted by Gasteiger charge is 2.48. The molecule has 0 unspecified atom stereocenters. The zero-order valence-corrected chi connectivity index (χ0v) is 23.4. The number of ether oxygens (including phenoxy) is 3. The van der Waals surface area contributed by atoms with Gasteiger partial charge in [-0.25, -0.2) is 9.69 Å². The summed E-state index contributed by atoms with van der Waals surface area (Å²) in [6.45, 7) is 20.7. The number of fused-ring (bicyclic) bond motifs is 1. The molecular formula is C26H41NO6Si. The highest BCUT2D eigenvalue weighted by atomic mass is 28.4. The molecule has 2 heterocycles. The number of benzene rings is 1. The highest BCUT2D eigenvalue weighted by molar-refractivity contribution is 6.74. The number of hydrogen-bond donors (Lipinski definition) is 0. The Morgan fingerprint density at radius 3 is 2.41 bits per heavy atom. The molecule has 1 aromatic carbocycles. The summed E-state index contributed by atoms with van der Waals surface area (Å²) in [5, 5.41) is 0.00909. The maximum Gasteiger partial charge on any atom is 0.417 e. The first-order chi connectivity index (χ1) is 15.4. The fraction of sp³-hybridized carbons (Fsp3) is 0.692. The number of imide groups is 1. The van der Waals surface area contributed by atoms with Gasteiger partial charge in [-0.05, 0) is 56.6 Å². The monoisotopic (exact) mass is 491 g/mol. The fourth-order valence-electron chi connectivity index (χ4n) is 3.96. The van der Waals surface area contributed by atoms with Gasteiger partial charge in [0.05, 0.1) is 19.3 Å². The minimum atomic E-state index is -2.11. The Balaban J connectivity index is 1.93. The third kappa shape index (κ3) is 5.83. The average Bonchev–Trinajstić information content (AvgIpc) is 2.99. The second kappa shape index (κ2) is 8.95. The Morgan fingerprint density at radius 2 is 1.82 bits per heavy atom. The van der Waals surface area contributed by atoms with E-state index in [1.54, 1.807) is 20.8 Å². The van der Waals surface area contributed by atoms with Crippen molar-refractivity contribution < 1.29 is 28.2 Å². The number of nitrogens with zero attached hydrogens (tertiary/aromatic N) is 1. The van der Waals surface area contributed by atoms with E-state index in [2.05, 4.69) is 33.9 Å². The van der Waals surface area contributed by atoms with Gasteiger partial charge in [-0.1, -0.05) is 26.8 Å². The maximum atomic E-state index is 13.1. The number of rotatable bonds is 4. The van der Waals surface area contributed by atoms with Crippen LogP contribution in [0.1, 0.15) is 78.9 Å². The minimum absolute atomic E-state index is 0.00909. The summed E-state index contributed by atoms with van der Waals surface area (Å²) < 4.78 is 23.9. The number of likely N-dealkylation sites (tertiary alicyclic amines) is 1. The largest absolute Gasteiger partial charge is 0.463 e. The van der Waals surface area contributed by atoms with Crippen molar-refractivity contribution in [2.24, 2.45) is 0 Å². The first kappa shape index (κ1) is 26.7. The molecule has 190 valence electrons. The van der Waals surface area contributed by atoms with E-state index in [1.807, 2.05) is 32.0 Å². The molecule has 7 nitrogen and oxygen atoms in total. The number of carbonyl (C=O) groups is 2. The molecule has 1 fully saturated rings. The summed E-state index contributed by atoms with van der Waals surface area (Å²) in [4.78, 5) is 27.5. The molecule has 3 rings (SSSR count). The van der Waals surface area contributed by atoms with Gasteiger partial charge in [0, 0.05) is 31.7 Å². The van der Waals surface area contributed by atoms with Crippen LogP contribution in [0.3, 0.4) is 0 Å². The standard InChI is InChI=1S/C26H41NO6Si/c1-24(2,3)33-23(29)27-20(16-31-34(9,10)25(4,5)6)19(14-22(27)28)17-11-12-21-18(13-17)15-30-26(7,8)32-21/h11-13,19-20H,14-16H2,1-10H3/t19-,20-/m1/s1. The third-order valence-corrected chi connectivity index (χ3v) is 11.4. The van der Waals surface area contributed by atoms with E-state index >= 15 is 0 Å². The summed E-state index contributed by atoms with van der Waals surface area (Å²) in [7, 11) is -2.11. The van der Waals surface area contributed by atoms with Gasteiger partial charge in [0.15, 0.2) is 8.32 Å². The van der Waals surface area contributed by atoms with Crippen molar-refractivity contribution in [2.45, 2.75) is 110 Å². The van der Waals surface area contributed by atoms with Crippen LogP contribution in [-0.2, 0) is 25.3 Å². The predicted octanol–water partition coefficient (Wildman–Crippen LogP) is 5.97. The smallest absolute Gasteiger partial charge is 0.417 e. The molecule has 0 N–H and O–H groups in total. The van der Waals surface area contributed by atoms with Crippen molar-refractivity contribution in [3.8, 4) is 5.75 Å². The number of carbonyl (C=O) groups excluding carboxylic acids is 2. The topological polar surface area (TPSA) is 74.3 Å². The first-order valence-electron chi connectivity index (χ1n) is 12.0. The Hall–Kier alpha value is -1.90. The summed E-state index contributed by atoms with van der Waals surface area (Å²) in [5.74, 6) is -0.341. The van der Waals surface area contributed by atoms with Gasteiger partial charge in [0.25, 0.3) is 0 Å². The van der Waals surface area contributed by atoms with Crippen molar-refractivity contribution >= 4 is 20.3 Å². The molecule has 0 aliphatic carbocycles. The van der Waals surface area contributed by atoms with Crippen LogP contribution in [0.2, 0.25) is 18.1 Å². The quantitative estimate of drug-likeness (QED) is 0.483. The van der Waals surface area contributed by atoms with Crippen LogP contribution in [0.25, 0.3) is 0 Å². The van der Waals surface area contributed by atoms with Gasteiger partial charge < -0.3 is 18.6 Å². The van der Waals surface area contributed by atoms with Crippen LogP contribution in [-0.4, -0.2) is 49.3 Å². The molecule has 0 saturated carbocycles. The van der Waals surface area contributed by atoms with Gasteiger partial charge >= 0.3 is 6.09 Å². The normalized spacial score (nSPS) is 22.9. The summed E-state index contributed by atoms with van der Waals surface area (Å²) >= 11 is 0. The van der Waals surface area contributed by atoms with Crippen molar-refractivity contribution in [3.63, 3.8) is 0 Å². The molecule has 2 amide bonds. The lowest BCUT2D eigenvalue weighted by atomic mass is 9.90. The van der Waals surface area contributed by atoms with Crippen LogP contribution in [0, 0.1) is 0 Å². The van der Waals surface area contributed by atoms with Gasteiger partial charge in [-0.3, -0.25) is 4.79 Å². The minimum Gasteiger partial charge on any atom is -0.463 e. The molecule has 0 bridgehead atoms. The van der Waals surface area contributed by atoms with E-state index in [0.717, 1.165) is 16.9 Å². The van der Waals surface area contributed by atoms with Crippen molar-refractivity contribution in [1.82, 2.24) is 4.90 Å². The number of hydrogen-bond acceptors (Lipinski definition) is 6. The van der Waals surface area contributed by atoms with Crippen LogP contribution in [0.15, 0.2) is 18.2 Å². The highest BCUT2D eigenvalue weighted by Crippen LogP contribution is 2.41. The molecule has 1 aromatic rings. The van der Waals surface area contributed by atoms with Crippen LogP contribution < -0.4 is 4.74 Å². The molecule has 1 saturated heterocycles. The van der Waals surface area contributed by atoms with Gasteiger partial charge in [0.2, 0.25) is 11.7 Å². The van der Waals surface area contributed by atoms with Crippen LogP contribution >= 0.6 is 0 Å². The molecule has 8 heteroatoms. The number of amides is 2. The lowest BCUT2D eigenvalue weighted by molar-refractivity contribution is -0.180. The Labute approximate surface area is 205 Å². The van der Waals surface area contributed by atoms with Crippen LogP contribution in [0.4, 0.5) is 4.79 Å².